The zero-order valence-electron chi connectivity index (χ0n) is 10.6. The van der Waals surface area contributed by atoms with Gasteiger partial charge in [0.1, 0.15) is 0 Å². The molecule has 0 aliphatic rings. The number of aromatic nitrogens is 1. The summed E-state index contributed by atoms with van der Waals surface area (Å²) < 4.78 is 38.7. The van der Waals surface area contributed by atoms with Gasteiger partial charge < -0.3 is 10.4 Å². The third-order valence-electron chi connectivity index (χ3n) is 2.37. The number of pyridine rings is 1. The molecule has 6 heteroatoms. The van der Waals surface area contributed by atoms with Crippen LogP contribution in [0.25, 0.3) is 0 Å². The molecule has 2 N–H and O–H groups in total. The first-order valence-corrected chi connectivity index (χ1v) is 5.69. The highest BCUT2D eigenvalue weighted by Crippen LogP contribution is 2.19. The monoisotopic (exact) mass is 262 g/mol. The number of rotatable bonds is 5. The molecule has 1 aromatic heterocycles. The van der Waals surface area contributed by atoms with Gasteiger partial charge in [-0.3, -0.25) is 0 Å². The van der Waals surface area contributed by atoms with Gasteiger partial charge in [-0.2, -0.15) is 9.37 Å². The van der Waals surface area contributed by atoms with Crippen molar-refractivity contribution in [3.05, 3.63) is 23.6 Å². The van der Waals surface area contributed by atoms with E-state index in [4.69, 9.17) is 0 Å². The highest BCUT2D eigenvalue weighted by Gasteiger charge is 2.22. The van der Waals surface area contributed by atoms with Crippen LogP contribution >= 0.6 is 0 Å². The van der Waals surface area contributed by atoms with Gasteiger partial charge in [-0.05, 0) is 19.3 Å². The van der Waals surface area contributed by atoms with E-state index in [1.54, 1.807) is 6.92 Å². The average molecular weight is 262 g/mol. The molecule has 1 atom stereocenters. The molecule has 0 aliphatic heterocycles. The lowest BCUT2D eigenvalue weighted by Crippen LogP contribution is -2.35. The lowest BCUT2D eigenvalue weighted by molar-refractivity contribution is 0.0514. The van der Waals surface area contributed by atoms with E-state index in [0.29, 0.717) is 12.5 Å². The smallest absolute Gasteiger partial charge is 0.251 e. The Kier molecular flexibility index (Phi) is 4.56. The molecule has 0 aromatic carbocycles. The van der Waals surface area contributed by atoms with Crippen LogP contribution in [0.2, 0.25) is 0 Å². The summed E-state index contributed by atoms with van der Waals surface area (Å²) in [6.45, 7) is 5.45. The van der Waals surface area contributed by atoms with Crippen molar-refractivity contribution in [1.82, 2.24) is 4.98 Å². The predicted octanol–water partition coefficient (Wildman–Crippen LogP) is 2.71. The summed E-state index contributed by atoms with van der Waals surface area (Å²) in [6.07, 6.45) is 0.491. The summed E-state index contributed by atoms with van der Waals surface area (Å²) in [5.74, 6) is -3.86. The molecule has 1 rings (SSSR count). The van der Waals surface area contributed by atoms with E-state index >= 15 is 0 Å². The average Bonchev–Trinajstić information content (AvgIpc) is 2.19. The fourth-order valence-electron chi connectivity index (χ4n) is 1.79. The lowest BCUT2D eigenvalue weighted by atomic mass is 9.94. The van der Waals surface area contributed by atoms with Gasteiger partial charge in [0, 0.05) is 12.6 Å². The summed E-state index contributed by atoms with van der Waals surface area (Å²) >= 11 is 0. The van der Waals surface area contributed by atoms with Crippen molar-refractivity contribution < 1.29 is 18.3 Å². The normalized spacial score (nSPS) is 14.7. The van der Waals surface area contributed by atoms with E-state index in [1.807, 2.05) is 13.8 Å². The Bertz CT molecular complexity index is 422. The second-order valence-corrected chi connectivity index (χ2v) is 5.04. The van der Waals surface area contributed by atoms with E-state index in [1.165, 1.54) is 0 Å². The van der Waals surface area contributed by atoms with E-state index in [9.17, 15) is 18.3 Å². The number of hydrogen-bond acceptors (Lipinski definition) is 3. The van der Waals surface area contributed by atoms with Crippen LogP contribution in [-0.4, -0.2) is 22.2 Å². The standard InChI is InChI=1S/C12H17F3N2O/c1-7(2)5-12(3,18)6-16-11-9(14)4-8(13)10(15)17-11/h4,7,18H,5-6H2,1-3H3,(H,16,17). The molecule has 0 amide bonds. The molecule has 0 fully saturated rings. The maximum atomic E-state index is 13.3. The largest absolute Gasteiger partial charge is 0.388 e. The number of halogens is 3. The van der Waals surface area contributed by atoms with Gasteiger partial charge in [-0.25, -0.2) is 8.78 Å². The molecule has 1 aromatic rings. The van der Waals surface area contributed by atoms with Crippen LogP contribution in [0.3, 0.4) is 0 Å². The van der Waals surface area contributed by atoms with Crippen LogP contribution in [0, 0.1) is 23.5 Å². The number of anilines is 1. The first kappa shape index (κ1) is 14.8. The molecule has 0 aliphatic carbocycles. The number of aliphatic hydroxyl groups is 1. The fourth-order valence-corrected chi connectivity index (χ4v) is 1.79. The Balaban J connectivity index is 2.72. The van der Waals surface area contributed by atoms with Crippen LogP contribution < -0.4 is 5.32 Å². The molecular weight excluding hydrogens is 245 g/mol. The van der Waals surface area contributed by atoms with E-state index in [0.717, 1.165) is 0 Å². The molecule has 3 nitrogen and oxygen atoms in total. The Labute approximate surface area is 104 Å². The molecule has 0 bridgehead atoms. The van der Waals surface area contributed by atoms with Crippen molar-refractivity contribution in [3.63, 3.8) is 0 Å². The van der Waals surface area contributed by atoms with Crippen LogP contribution in [0.1, 0.15) is 27.2 Å². The Morgan fingerprint density at radius 2 is 1.94 bits per heavy atom. The Morgan fingerprint density at radius 1 is 1.33 bits per heavy atom. The molecule has 0 radical (unpaired) electrons. The minimum Gasteiger partial charge on any atom is -0.388 e. The molecule has 1 heterocycles. The number of hydrogen-bond donors (Lipinski definition) is 2. The van der Waals surface area contributed by atoms with E-state index in [-0.39, 0.29) is 12.5 Å². The summed E-state index contributed by atoms with van der Waals surface area (Å²) in [5, 5.41) is 12.5. The maximum Gasteiger partial charge on any atom is 0.251 e. The van der Waals surface area contributed by atoms with Crippen LogP contribution in [0.4, 0.5) is 19.0 Å². The zero-order valence-corrected chi connectivity index (χ0v) is 10.6. The van der Waals surface area contributed by atoms with Crippen LogP contribution in [0.5, 0.6) is 0 Å². The second-order valence-electron chi connectivity index (χ2n) is 5.04. The van der Waals surface area contributed by atoms with Crippen molar-refractivity contribution in [2.45, 2.75) is 32.8 Å². The van der Waals surface area contributed by atoms with Crippen LogP contribution in [-0.2, 0) is 0 Å². The Hall–Kier alpha value is -1.30. The van der Waals surface area contributed by atoms with Gasteiger partial charge in [-0.15, -0.1) is 0 Å². The fraction of sp³-hybridized carbons (Fsp3) is 0.583. The maximum absolute atomic E-state index is 13.3. The zero-order chi connectivity index (χ0) is 13.9. The van der Waals surface area contributed by atoms with Crippen molar-refractivity contribution in [1.29, 1.82) is 0 Å². The lowest BCUT2D eigenvalue weighted by Gasteiger charge is -2.25. The van der Waals surface area contributed by atoms with Gasteiger partial charge >= 0.3 is 0 Å². The van der Waals surface area contributed by atoms with Crippen LogP contribution in [0.15, 0.2) is 6.07 Å². The molecule has 18 heavy (non-hydrogen) atoms. The summed E-state index contributed by atoms with van der Waals surface area (Å²) in [5.41, 5.74) is -1.08. The Morgan fingerprint density at radius 3 is 2.50 bits per heavy atom. The van der Waals surface area contributed by atoms with Gasteiger partial charge in [0.2, 0.25) is 0 Å². The predicted molar refractivity (Wildman–Crippen MR) is 62.7 cm³/mol. The SMILES string of the molecule is CC(C)CC(C)(O)CNc1nc(F)c(F)cc1F. The molecule has 0 saturated heterocycles. The van der Waals surface area contributed by atoms with E-state index in [2.05, 4.69) is 10.3 Å². The first-order chi connectivity index (χ1) is 8.21. The number of nitrogens with zero attached hydrogens (tertiary/aromatic N) is 1. The highest BCUT2D eigenvalue weighted by molar-refractivity contribution is 5.36. The van der Waals surface area contributed by atoms with Crippen molar-refractivity contribution in [3.8, 4) is 0 Å². The van der Waals surface area contributed by atoms with Gasteiger partial charge in [-0.1, -0.05) is 13.8 Å². The third-order valence-corrected chi connectivity index (χ3v) is 2.37. The minimum atomic E-state index is -1.37. The molecule has 0 saturated carbocycles. The first-order valence-electron chi connectivity index (χ1n) is 5.69. The number of nitrogens with one attached hydrogen (secondary N) is 1. The quantitative estimate of drug-likeness (QED) is 0.802. The molecule has 1 unspecified atom stereocenters. The minimum absolute atomic E-state index is 0.000171. The van der Waals surface area contributed by atoms with Gasteiger partial charge in [0.15, 0.2) is 17.5 Å². The highest BCUT2D eigenvalue weighted by atomic mass is 19.2. The van der Waals surface area contributed by atoms with Crippen molar-refractivity contribution in [2.24, 2.45) is 5.92 Å². The summed E-state index contributed by atoms with van der Waals surface area (Å²) in [7, 11) is 0. The third kappa shape index (κ3) is 4.18. The van der Waals surface area contributed by atoms with Crippen molar-refractivity contribution >= 4 is 5.82 Å². The molecule has 0 spiro atoms. The summed E-state index contributed by atoms with van der Waals surface area (Å²) in [6, 6.07) is 0.418. The molecular formula is C12H17F3N2O. The van der Waals surface area contributed by atoms with E-state index < -0.39 is 29.0 Å². The topological polar surface area (TPSA) is 45.1 Å². The van der Waals surface area contributed by atoms with Crippen molar-refractivity contribution in [2.75, 3.05) is 11.9 Å². The second kappa shape index (κ2) is 5.56. The van der Waals surface area contributed by atoms with Gasteiger partial charge in [0.05, 0.1) is 5.60 Å². The molecule has 102 valence electrons. The summed E-state index contributed by atoms with van der Waals surface area (Å²) in [4.78, 5) is 3.12. The van der Waals surface area contributed by atoms with Gasteiger partial charge in [0.25, 0.3) is 5.95 Å².